The highest BCUT2D eigenvalue weighted by Gasteiger charge is 2.54. The molecule has 24 heavy (non-hydrogen) atoms. The SMILES string of the molecule is O=C(CCN1C[C@@H]2CCC[C@@]2(C(=O)O)C1)NCc1ccccc1Cl. The number of carboxylic acids is 1. The molecule has 0 spiro atoms. The topological polar surface area (TPSA) is 69.6 Å². The quantitative estimate of drug-likeness (QED) is 0.827. The first-order valence-corrected chi connectivity index (χ1v) is 8.85. The number of benzene rings is 1. The fourth-order valence-corrected chi connectivity index (χ4v) is 4.30. The number of carbonyl (C=O) groups is 2. The fraction of sp³-hybridized carbons (Fsp3) is 0.556. The predicted molar refractivity (Wildman–Crippen MR) is 91.8 cm³/mol. The molecule has 1 amide bonds. The third-order valence-electron chi connectivity index (χ3n) is 5.46. The van der Waals surface area contributed by atoms with Crippen LogP contribution in [-0.2, 0) is 16.1 Å². The van der Waals surface area contributed by atoms with E-state index in [0.717, 1.165) is 31.4 Å². The van der Waals surface area contributed by atoms with Gasteiger partial charge in [0.2, 0.25) is 5.91 Å². The molecule has 0 aromatic heterocycles. The molecule has 1 saturated carbocycles. The Morgan fingerprint density at radius 2 is 2.17 bits per heavy atom. The lowest BCUT2D eigenvalue weighted by Crippen LogP contribution is -2.36. The first kappa shape index (κ1) is 17.2. The molecule has 0 bridgehead atoms. The molecular formula is C18H23ClN2O3. The van der Waals surface area contributed by atoms with Gasteiger partial charge in [-0.3, -0.25) is 9.59 Å². The van der Waals surface area contributed by atoms with Gasteiger partial charge in [0.1, 0.15) is 0 Å². The number of rotatable bonds is 6. The molecule has 1 heterocycles. The summed E-state index contributed by atoms with van der Waals surface area (Å²) in [5, 5.41) is 13.1. The second-order valence-corrected chi connectivity index (χ2v) is 7.31. The summed E-state index contributed by atoms with van der Waals surface area (Å²) in [5.41, 5.74) is 0.321. The lowest BCUT2D eigenvalue weighted by molar-refractivity contribution is -0.149. The van der Waals surface area contributed by atoms with Gasteiger partial charge in [0, 0.05) is 37.6 Å². The maximum atomic E-state index is 12.0. The van der Waals surface area contributed by atoms with Crippen molar-refractivity contribution in [3.63, 3.8) is 0 Å². The van der Waals surface area contributed by atoms with Crippen molar-refractivity contribution >= 4 is 23.5 Å². The summed E-state index contributed by atoms with van der Waals surface area (Å²) >= 11 is 6.07. The van der Waals surface area contributed by atoms with Gasteiger partial charge in [-0.2, -0.15) is 0 Å². The maximum absolute atomic E-state index is 12.0. The minimum Gasteiger partial charge on any atom is -0.481 e. The lowest BCUT2D eigenvalue weighted by atomic mass is 9.81. The minimum absolute atomic E-state index is 0.0312. The summed E-state index contributed by atoms with van der Waals surface area (Å²) < 4.78 is 0. The van der Waals surface area contributed by atoms with Crippen molar-refractivity contribution in [2.75, 3.05) is 19.6 Å². The van der Waals surface area contributed by atoms with Crippen molar-refractivity contribution in [2.45, 2.75) is 32.2 Å². The van der Waals surface area contributed by atoms with E-state index in [2.05, 4.69) is 10.2 Å². The number of halogens is 1. The van der Waals surface area contributed by atoms with Crippen LogP contribution in [0.15, 0.2) is 24.3 Å². The Labute approximate surface area is 147 Å². The summed E-state index contributed by atoms with van der Waals surface area (Å²) in [7, 11) is 0. The van der Waals surface area contributed by atoms with E-state index in [1.54, 1.807) is 6.07 Å². The average molecular weight is 351 g/mol. The Balaban J connectivity index is 1.46. The van der Waals surface area contributed by atoms with Gasteiger partial charge in [-0.05, 0) is 30.4 Å². The molecule has 3 rings (SSSR count). The summed E-state index contributed by atoms with van der Waals surface area (Å²) in [5.74, 6) is -0.465. The highest BCUT2D eigenvalue weighted by Crippen LogP contribution is 2.48. The van der Waals surface area contributed by atoms with E-state index < -0.39 is 11.4 Å². The molecule has 0 unspecified atom stereocenters. The van der Waals surface area contributed by atoms with E-state index in [1.165, 1.54) is 0 Å². The van der Waals surface area contributed by atoms with Crippen LogP contribution in [0.25, 0.3) is 0 Å². The van der Waals surface area contributed by atoms with Gasteiger partial charge >= 0.3 is 5.97 Å². The van der Waals surface area contributed by atoms with Gasteiger partial charge in [0.25, 0.3) is 0 Å². The number of nitrogens with zero attached hydrogens (tertiary/aromatic N) is 1. The number of hydrogen-bond acceptors (Lipinski definition) is 3. The largest absolute Gasteiger partial charge is 0.481 e. The van der Waals surface area contributed by atoms with Gasteiger partial charge in [0.05, 0.1) is 5.41 Å². The molecule has 5 nitrogen and oxygen atoms in total. The zero-order chi connectivity index (χ0) is 17.2. The third kappa shape index (κ3) is 3.42. The molecule has 1 aliphatic carbocycles. The first-order valence-electron chi connectivity index (χ1n) is 8.47. The second kappa shape index (κ2) is 7.11. The van der Waals surface area contributed by atoms with Crippen LogP contribution < -0.4 is 5.32 Å². The van der Waals surface area contributed by atoms with Crippen molar-refractivity contribution < 1.29 is 14.7 Å². The molecule has 2 atom stereocenters. The number of nitrogens with one attached hydrogen (secondary N) is 1. The van der Waals surface area contributed by atoms with Crippen LogP contribution in [0, 0.1) is 11.3 Å². The maximum Gasteiger partial charge on any atom is 0.311 e. The van der Waals surface area contributed by atoms with Crippen LogP contribution in [0.5, 0.6) is 0 Å². The number of aliphatic carboxylic acids is 1. The molecule has 1 saturated heterocycles. The summed E-state index contributed by atoms with van der Waals surface area (Å²) in [4.78, 5) is 25.8. The van der Waals surface area contributed by atoms with E-state index in [4.69, 9.17) is 11.6 Å². The number of carboxylic acid groups (broad SMARTS) is 1. The van der Waals surface area contributed by atoms with Crippen LogP contribution in [0.4, 0.5) is 0 Å². The molecule has 6 heteroatoms. The summed E-state index contributed by atoms with van der Waals surface area (Å²) in [6.07, 6.45) is 3.14. The number of amides is 1. The highest BCUT2D eigenvalue weighted by atomic mass is 35.5. The molecule has 1 aromatic rings. The van der Waals surface area contributed by atoms with Crippen LogP contribution in [-0.4, -0.2) is 41.5 Å². The lowest BCUT2D eigenvalue weighted by Gasteiger charge is -2.23. The van der Waals surface area contributed by atoms with Gasteiger partial charge in [0.15, 0.2) is 0 Å². The van der Waals surface area contributed by atoms with Crippen molar-refractivity contribution in [1.29, 1.82) is 0 Å². The van der Waals surface area contributed by atoms with E-state index in [1.807, 2.05) is 18.2 Å². The van der Waals surface area contributed by atoms with Crippen LogP contribution in [0.3, 0.4) is 0 Å². The van der Waals surface area contributed by atoms with Crippen LogP contribution >= 0.6 is 11.6 Å². The summed E-state index contributed by atoms with van der Waals surface area (Å²) in [6.45, 7) is 2.40. The van der Waals surface area contributed by atoms with E-state index in [-0.39, 0.29) is 11.8 Å². The smallest absolute Gasteiger partial charge is 0.311 e. The van der Waals surface area contributed by atoms with Gasteiger partial charge in [-0.15, -0.1) is 0 Å². The molecule has 2 aliphatic rings. The molecule has 130 valence electrons. The van der Waals surface area contributed by atoms with Crippen molar-refractivity contribution in [3.05, 3.63) is 34.9 Å². The molecule has 2 fully saturated rings. The van der Waals surface area contributed by atoms with Crippen molar-refractivity contribution in [1.82, 2.24) is 10.2 Å². The third-order valence-corrected chi connectivity index (χ3v) is 5.82. The van der Waals surface area contributed by atoms with Crippen LogP contribution in [0.1, 0.15) is 31.2 Å². The average Bonchev–Trinajstić information content (AvgIpc) is 3.10. The standard InChI is InChI=1S/C18H23ClN2O3/c19-15-6-2-1-4-13(15)10-20-16(22)7-9-21-11-14-5-3-8-18(14,12-21)17(23)24/h1-2,4,6,14H,3,5,7-12H2,(H,20,22)(H,23,24)/t14-,18+/m0/s1. The number of fused-ring (bicyclic) bond motifs is 1. The van der Waals surface area contributed by atoms with Gasteiger partial charge < -0.3 is 15.3 Å². The minimum atomic E-state index is -0.671. The number of likely N-dealkylation sites (tertiary alicyclic amines) is 1. The number of carbonyl (C=O) groups excluding carboxylic acids is 1. The molecule has 1 aromatic carbocycles. The van der Waals surface area contributed by atoms with Crippen molar-refractivity contribution in [3.8, 4) is 0 Å². The second-order valence-electron chi connectivity index (χ2n) is 6.90. The Bertz CT molecular complexity index is 636. The molecule has 1 aliphatic heterocycles. The normalized spacial score (nSPS) is 26.3. The Hall–Kier alpha value is -1.59. The monoisotopic (exact) mass is 350 g/mol. The molecular weight excluding hydrogens is 328 g/mol. The Morgan fingerprint density at radius 3 is 2.88 bits per heavy atom. The number of hydrogen-bond donors (Lipinski definition) is 2. The Morgan fingerprint density at radius 1 is 1.38 bits per heavy atom. The van der Waals surface area contributed by atoms with Gasteiger partial charge in [-0.1, -0.05) is 36.2 Å². The van der Waals surface area contributed by atoms with E-state index in [0.29, 0.717) is 31.1 Å². The van der Waals surface area contributed by atoms with Crippen LogP contribution in [0.2, 0.25) is 5.02 Å². The molecule has 2 N–H and O–H groups in total. The highest BCUT2D eigenvalue weighted by molar-refractivity contribution is 6.31. The first-order chi connectivity index (χ1) is 11.5. The van der Waals surface area contributed by atoms with Crippen molar-refractivity contribution in [2.24, 2.45) is 11.3 Å². The predicted octanol–water partition coefficient (Wildman–Crippen LogP) is 2.53. The zero-order valence-electron chi connectivity index (χ0n) is 13.6. The fourth-order valence-electron chi connectivity index (χ4n) is 4.10. The van der Waals surface area contributed by atoms with Gasteiger partial charge in [-0.25, -0.2) is 0 Å². The summed E-state index contributed by atoms with van der Waals surface area (Å²) in [6, 6.07) is 7.44. The molecule has 0 radical (unpaired) electrons. The van der Waals surface area contributed by atoms with E-state index in [9.17, 15) is 14.7 Å². The zero-order valence-corrected chi connectivity index (χ0v) is 14.4. The Kier molecular flexibility index (Phi) is 5.11. The van der Waals surface area contributed by atoms with E-state index >= 15 is 0 Å².